The number of aliphatic hydroxyl groups excluding tert-OH is 11. The molecule has 17 unspecified atom stereocenters. The van der Waals surface area contributed by atoms with Crippen molar-refractivity contribution in [1.82, 2.24) is 5.32 Å². The smallest absolute Gasteiger partial charge is 0.220 e. The number of allylic oxidation sites excluding steroid dienone is 4. The maximum atomic E-state index is 13.5. The molecule has 19 nitrogen and oxygen atoms in total. The van der Waals surface area contributed by atoms with E-state index in [-0.39, 0.29) is 18.9 Å². The van der Waals surface area contributed by atoms with Crippen LogP contribution in [0.4, 0.5) is 0 Å². The number of carbonyl (C=O) groups is 1. The van der Waals surface area contributed by atoms with Crippen molar-refractivity contribution >= 4 is 5.91 Å². The molecule has 19 heteroatoms. The molecule has 0 bridgehead atoms. The van der Waals surface area contributed by atoms with Gasteiger partial charge in [0, 0.05) is 6.42 Å². The fourth-order valence-corrected chi connectivity index (χ4v) is 12.8. The molecular weight excluding hydrogens is 1170 g/mol. The number of aliphatic hydroxyl groups is 11. The van der Waals surface area contributed by atoms with E-state index in [1.165, 1.54) is 212 Å². The van der Waals surface area contributed by atoms with Crippen molar-refractivity contribution in [3.8, 4) is 0 Å². The van der Waals surface area contributed by atoms with Crippen LogP contribution in [0.2, 0.25) is 0 Å². The highest BCUT2D eigenvalue weighted by Crippen LogP contribution is 2.33. The minimum Gasteiger partial charge on any atom is -0.394 e. The van der Waals surface area contributed by atoms with Crippen molar-refractivity contribution in [3.05, 3.63) is 24.3 Å². The highest BCUT2D eigenvalue weighted by atomic mass is 16.8. The molecule has 3 aliphatic rings. The third-order valence-corrected chi connectivity index (χ3v) is 18.8. The van der Waals surface area contributed by atoms with Crippen LogP contribution in [-0.2, 0) is 33.2 Å². The van der Waals surface area contributed by atoms with E-state index in [4.69, 9.17) is 28.4 Å². The van der Waals surface area contributed by atoms with Gasteiger partial charge in [0.25, 0.3) is 0 Å². The first-order valence-corrected chi connectivity index (χ1v) is 37.1. The van der Waals surface area contributed by atoms with Gasteiger partial charge in [-0.05, 0) is 44.9 Å². The summed E-state index contributed by atoms with van der Waals surface area (Å²) in [5, 5.41) is 121. The lowest BCUT2D eigenvalue weighted by atomic mass is 9.96. The van der Waals surface area contributed by atoms with Gasteiger partial charge in [0.05, 0.1) is 38.6 Å². The van der Waals surface area contributed by atoms with Crippen molar-refractivity contribution in [1.29, 1.82) is 0 Å². The molecule has 17 atom stereocenters. The monoisotopic (exact) mass is 1300 g/mol. The van der Waals surface area contributed by atoms with Gasteiger partial charge in [0.1, 0.15) is 73.2 Å². The number of hydrogen-bond donors (Lipinski definition) is 12. The molecule has 3 saturated heterocycles. The SMILES string of the molecule is CCCCCCC/C=C\C/C=C\CCCCCCCCCCCCCCCC(=O)NC(COC1OC(CO)C(OC2OC(CO)C(OC3OC(CO)C(O)C(O)C3O)C(O)C2O)C(O)C1O)C(O)CCCCCCCCCCCCCCCCCCCCCCC. The second-order valence-electron chi connectivity index (χ2n) is 26.8. The molecule has 3 aliphatic heterocycles. The summed E-state index contributed by atoms with van der Waals surface area (Å²) in [6, 6.07) is -0.887. The molecule has 3 rings (SSSR count). The van der Waals surface area contributed by atoms with Gasteiger partial charge in [-0.2, -0.15) is 0 Å². The summed E-state index contributed by atoms with van der Waals surface area (Å²) in [6.45, 7) is 1.83. The number of amides is 1. The Morgan fingerprint density at radius 1 is 0.396 bits per heavy atom. The Morgan fingerprint density at radius 2 is 0.725 bits per heavy atom. The fourth-order valence-electron chi connectivity index (χ4n) is 12.8. The third kappa shape index (κ3) is 35.9. The summed E-state index contributed by atoms with van der Waals surface area (Å²) >= 11 is 0. The summed E-state index contributed by atoms with van der Waals surface area (Å²) in [5.41, 5.74) is 0. The normalized spacial score (nSPS) is 27.9. The van der Waals surface area contributed by atoms with Crippen LogP contribution in [0.5, 0.6) is 0 Å². The minimum atomic E-state index is -1.97. The van der Waals surface area contributed by atoms with Crippen LogP contribution >= 0.6 is 0 Å². The van der Waals surface area contributed by atoms with Crippen molar-refractivity contribution in [2.24, 2.45) is 0 Å². The van der Waals surface area contributed by atoms with Crippen LogP contribution in [0, 0.1) is 0 Å². The summed E-state index contributed by atoms with van der Waals surface area (Å²) in [7, 11) is 0. The zero-order valence-electron chi connectivity index (χ0n) is 56.8. The second kappa shape index (κ2) is 54.3. The Kier molecular flexibility index (Phi) is 49.8. The van der Waals surface area contributed by atoms with E-state index in [2.05, 4.69) is 43.5 Å². The molecule has 91 heavy (non-hydrogen) atoms. The third-order valence-electron chi connectivity index (χ3n) is 18.8. The average molecular weight is 1300 g/mol. The van der Waals surface area contributed by atoms with E-state index in [1.807, 2.05) is 0 Å². The Bertz CT molecular complexity index is 1750. The highest BCUT2D eigenvalue weighted by molar-refractivity contribution is 5.76. The van der Waals surface area contributed by atoms with Crippen LogP contribution in [0.3, 0.4) is 0 Å². The lowest BCUT2D eigenvalue weighted by Crippen LogP contribution is -2.66. The van der Waals surface area contributed by atoms with Crippen molar-refractivity contribution in [3.63, 3.8) is 0 Å². The molecule has 3 fully saturated rings. The van der Waals surface area contributed by atoms with Gasteiger partial charge in [0.15, 0.2) is 18.9 Å². The summed E-state index contributed by atoms with van der Waals surface area (Å²) in [5.74, 6) is -0.239. The summed E-state index contributed by atoms with van der Waals surface area (Å²) < 4.78 is 34.5. The first-order chi connectivity index (χ1) is 44.3. The van der Waals surface area contributed by atoms with Crippen LogP contribution in [0.1, 0.15) is 296 Å². The van der Waals surface area contributed by atoms with Crippen molar-refractivity contribution in [2.75, 3.05) is 26.4 Å². The fraction of sp³-hybridized carbons (Fsp3) is 0.931. The Balaban J connectivity index is 1.41. The van der Waals surface area contributed by atoms with Gasteiger partial charge < -0.3 is 89.9 Å². The average Bonchev–Trinajstić information content (AvgIpc) is 0.883. The van der Waals surface area contributed by atoms with Gasteiger partial charge in [-0.3, -0.25) is 4.79 Å². The van der Waals surface area contributed by atoms with Gasteiger partial charge in [-0.15, -0.1) is 0 Å². The standard InChI is InChI=1S/C72H135NO18/c1-3-5-7-9-11-13-15-17-19-21-23-25-26-27-28-30-32-34-36-38-40-42-44-46-48-50-60(78)73-55(56(77)49-47-45-43-41-39-37-35-33-31-29-24-22-20-18-16-14-12-10-8-6-4-2)54-86-70-66(84)63(81)68(58(52-75)88-70)91-72-67(85)64(82)69(59(53-76)89-72)90-71-65(83)62(80)61(79)57(51-74)87-71/h15,17,21,23,55-59,61-72,74-77,79-85H,3-14,16,18-20,22,24-54H2,1-2H3,(H,73,78)/b17-15-,23-21-. The number of ether oxygens (including phenoxy) is 6. The zero-order valence-corrected chi connectivity index (χ0v) is 56.8. The quantitative estimate of drug-likeness (QED) is 0.0199. The number of nitrogens with one attached hydrogen (secondary N) is 1. The molecule has 0 spiro atoms. The number of rotatable bonds is 58. The molecule has 0 aliphatic carbocycles. The topological polar surface area (TPSA) is 307 Å². The zero-order chi connectivity index (χ0) is 66.1. The van der Waals surface area contributed by atoms with Gasteiger partial charge in [0.2, 0.25) is 5.91 Å². The molecule has 0 aromatic heterocycles. The largest absolute Gasteiger partial charge is 0.394 e. The maximum Gasteiger partial charge on any atom is 0.220 e. The van der Waals surface area contributed by atoms with Crippen LogP contribution in [0.25, 0.3) is 0 Å². The van der Waals surface area contributed by atoms with Crippen molar-refractivity contribution in [2.45, 2.75) is 401 Å². The van der Waals surface area contributed by atoms with E-state index < -0.39 is 124 Å². The van der Waals surface area contributed by atoms with Gasteiger partial charge in [-0.1, -0.05) is 269 Å². The Hall–Kier alpha value is -1.73. The molecule has 0 aromatic carbocycles. The minimum absolute atomic E-state index is 0.239. The number of hydrogen-bond acceptors (Lipinski definition) is 18. The van der Waals surface area contributed by atoms with Gasteiger partial charge in [-0.25, -0.2) is 0 Å². The lowest BCUT2D eigenvalue weighted by Gasteiger charge is -2.48. The molecule has 0 radical (unpaired) electrons. The first kappa shape index (κ1) is 83.5. The van der Waals surface area contributed by atoms with E-state index in [0.717, 1.165) is 51.4 Å². The molecule has 0 aromatic rings. The van der Waals surface area contributed by atoms with Crippen LogP contribution in [-0.4, -0.2) is 193 Å². The number of carbonyl (C=O) groups excluding carboxylic acids is 1. The number of unbranched alkanes of at least 4 members (excludes halogenated alkanes) is 38. The van der Waals surface area contributed by atoms with E-state index in [0.29, 0.717) is 12.8 Å². The molecule has 0 saturated carbocycles. The predicted octanol–water partition coefficient (Wildman–Crippen LogP) is 10.6. The molecule has 536 valence electrons. The van der Waals surface area contributed by atoms with Crippen LogP contribution < -0.4 is 5.32 Å². The van der Waals surface area contributed by atoms with Crippen molar-refractivity contribution < 1.29 is 89.4 Å². The Morgan fingerprint density at radius 3 is 1.12 bits per heavy atom. The van der Waals surface area contributed by atoms with E-state index in [1.54, 1.807) is 0 Å². The Labute approximate surface area is 549 Å². The molecule has 1 amide bonds. The van der Waals surface area contributed by atoms with E-state index >= 15 is 0 Å². The van der Waals surface area contributed by atoms with Crippen LogP contribution in [0.15, 0.2) is 24.3 Å². The molecular formula is C72H135NO18. The lowest BCUT2D eigenvalue weighted by molar-refractivity contribution is -0.379. The second-order valence-corrected chi connectivity index (χ2v) is 26.8. The maximum absolute atomic E-state index is 13.5. The van der Waals surface area contributed by atoms with E-state index in [9.17, 15) is 61.0 Å². The molecule has 12 N–H and O–H groups in total. The summed E-state index contributed by atoms with van der Waals surface area (Å²) in [4.78, 5) is 13.5. The van der Waals surface area contributed by atoms with Gasteiger partial charge >= 0.3 is 0 Å². The highest BCUT2D eigenvalue weighted by Gasteiger charge is 2.53. The molecule has 3 heterocycles. The predicted molar refractivity (Wildman–Crippen MR) is 356 cm³/mol. The first-order valence-electron chi connectivity index (χ1n) is 37.1. The summed E-state index contributed by atoms with van der Waals surface area (Å²) in [6.07, 6.45) is 35.3.